The molecule has 0 saturated carbocycles. The normalized spacial score (nSPS) is 16.8. The maximum Gasteiger partial charge on any atom is 0.243 e. The molecule has 2 aliphatic rings. The SMILES string of the molecule is CS(=O)(=O)N1CCN(Cc2cc3nc(-c4cccc5[nH]nc(NCCCCCCC(=O)NO)c45)nc(N4CCOCC4)c3s2)CC1. The molecule has 5 heterocycles. The van der Waals surface area contributed by atoms with Crippen LogP contribution in [0.3, 0.4) is 0 Å². The number of carbonyl (C=O) groups is 1. The molecule has 4 N–H and O–H groups in total. The zero-order valence-corrected chi connectivity index (χ0v) is 27.6. The quantitative estimate of drug-likeness (QED) is 0.0937. The maximum atomic E-state index is 12.0. The average Bonchev–Trinajstić information content (AvgIpc) is 3.67. The zero-order valence-electron chi connectivity index (χ0n) is 26.0. The molecule has 0 bridgehead atoms. The lowest BCUT2D eigenvalue weighted by atomic mass is 10.1. The topological polar surface area (TPSA) is 169 Å². The van der Waals surface area contributed by atoms with Crippen LogP contribution in [0.5, 0.6) is 0 Å². The standard InChI is InChI=1S/C30H41N9O5S2/c1-46(42,43)39-13-11-37(12-14-39)20-21-19-24-27(45-21)30(38-15-17-44-18-16-38)33-28(32-24)22-7-6-8-23-26(22)29(35-34-23)31-10-5-3-2-4-9-25(40)36-41/h6-8,19,41H,2-5,9-18,20H2,1H3,(H,36,40)(H2,31,34,35). The number of hydrogen-bond donors (Lipinski definition) is 4. The second kappa shape index (κ2) is 14.6. The number of nitrogens with zero attached hydrogens (tertiary/aromatic N) is 6. The molecule has 14 nitrogen and oxygen atoms in total. The minimum absolute atomic E-state index is 0.322. The monoisotopic (exact) mass is 671 g/mol. The second-order valence-corrected chi connectivity index (χ2v) is 14.9. The number of hydroxylamine groups is 1. The molecule has 248 valence electrons. The van der Waals surface area contributed by atoms with Gasteiger partial charge in [-0.2, -0.15) is 9.40 Å². The minimum atomic E-state index is -3.18. The summed E-state index contributed by atoms with van der Waals surface area (Å²) in [7, 11) is -3.18. The number of ether oxygens (including phenoxy) is 1. The number of anilines is 2. The number of amides is 1. The minimum Gasteiger partial charge on any atom is -0.378 e. The number of morpholine rings is 1. The molecule has 1 aromatic carbocycles. The number of carbonyl (C=O) groups excluding carboxylic acids is 1. The molecule has 3 aromatic heterocycles. The highest BCUT2D eigenvalue weighted by Crippen LogP contribution is 2.37. The van der Waals surface area contributed by atoms with E-state index < -0.39 is 10.0 Å². The van der Waals surface area contributed by atoms with Crippen molar-refractivity contribution in [3.8, 4) is 11.4 Å². The van der Waals surface area contributed by atoms with Crippen molar-refractivity contribution in [2.75, 3.05) is 75.5 Å². The highest BCUT2D eigenvalue weighted by Gasteiger charge is 2.25. The molecule has 16 heteroatoms. The van der Waals surface area contributed by atoms with E-state index in [0.717, 1.165) is 90.2 Å². The Kier molecular flexibility index (Phi) is 10.3. The number of piperazine rings is 1. The molecule has 2 saturated heterocycles. The number of rotatable bonds is 13. The largest absolute Gasteiger partial charge is 0.378 e. The molecule has 2 aliphatic heterocycles. The Morgan fingerprint density at radius 1 is 1.07 bits per heavy atom. The van der Waals surface area contributed by atoms with Crippen molar-refractivity contribution in [3.63, 3.8) is 0 Å². The Balaban J connectivity index is 1.24. The van der Waals surface area contributed by atoms with E-state index in [4.69, 9.17) is 19.9 Å². The number of sulfonamides is 1. The predicted octanol–water partition coefficient (Wildman–Crippen LogP) is 3.02. The van der Waals surface area contributed by atoms with E-state index in [2.05, 4.69) is 31.4 Å². The van der Waals surface area contributed by atoms with Crippen molar-refractivity contribution in [1.82, 2.24) is 34.9 Å². The van der Waals surface area contributed by atoms with Gasteiger partial charge in [0.25, 0.3) is 0 Å². The van der Waals surface area contributed by atoms with Crippen LogP contribution < -0.4 is 15.7 Å². The lowest BCUT2D eigenvalue weighted by Crippen LogP contribution is -2.47. The summed E-state index contributed by atoms with van der Waals surface area (Å²) in [5.41, 5.74) is 4.36. The van der Waals surface area contributed by atoms with Crippen molar-refractivity contribution in [3.05, 3.63) is 29.1 Å². The van der Waals surface area contributed by atoms with Gasteiger partial charge in [-0.3, -0.25) is 20.0 Å². The third-order valence-electron chi connectivity index (χ3n) is 8.47. The number of benzene rings is 1. The highest BCUT2D eigenvalue weighted by molar-refractivity contribution is 7.88. The summed E-state index contributed by atoms with van der Waals surface area (Å²) < 4.78 is 32.2. The Bertz CT molecular complexity index is 1760. The fraction of sp³-hybridized carbons (Fsp3) is 0.533. The lowest BCUT2D eigenvalue weighted by molar-refractivity contribution is -0.129. The fourth-order valence-electron chi connectivity index (χ4n) is 6.01. The van der Waals surface area contributed by atoms with Crippen LogP contribution in [0.2, 0.25) is 0 Å². The molecule has 0 aliphatic carbocycles. The first kappa shape index (κ1) is 32.5. The number of thiophene rings is 1. The molecule has 0 unspecified atom stereocenters. The van der Waals surface area contributed by atoms with E-state index in [9.17, 15) is 13.2 Å². The first-order valence-corrected chi connectivity index (χ1v) is 18.4. The van der Waals surface area contributed by atoms with Gasteiger partial charge >= 0.3 is 0 Å². The summed E-state index contributed by atoms with van der Waals surface area (Å²) in [6.45, 7) is 6.62. The van der Waals surface area contributed by atoms with Crippen LogP contribution in [0.1, 0.15) is 37.0 Å². The molecular formula is C30H41N9O5S2. The predicted molar refractivity (Wildman–Crippen MR) is 179 cm³/mol. The third kappa shape index (κ3) is 7.58. The van der Waals surface area contributed by atoms with E-state index >= 15 is 0 Å². The van der Waals surface area contributed by atoms with Crippen molar-refractivity contribution >= 4 is 60.0 Å². The molecule has 0 spiro atoms. The molecule has 6 rings (SSSR count). The van der Waals surface area contributed by atoms with Gasteiger partial charge in [-0.25, -0.2) is 23.9 Å². The molecule has 0 atom stereocenters. The number of hydrogen-bond acceptors (Lipinski definition) is 12. The Morgan fingerprint density at radius 3 is 2.61 bits per heavy atom. The van der Waals surface area contributed by atoms with Crippen LogP contribution in [0.25, 0.3) is 32.5 Å². The van der Waals surface area contributed by atoms with Crippen LogP contribution in [-0.2, 0) is 26.1 Å². The van der Waals surface area contributed by atoms with Gasteiger partial charge < -0.3 is 15.0 Å². The molecule has 0 radical (unpaired) electrons. The van der Waals surface area contributed by atoms with Crippen molar-refractivity contribution in [2.45, 2.75) is 38.6 Å². The van der Waals surface area contributed by atoms with Crippen LogP contribution in [0.4, 0.5) is 11.6 Å². The van der Waals surface area contributed by atoms with E-state index in [0.29, 0.717) is 51.6 Å². The summed E-state index contributed by atoms with van der Waals surface area (Å²) in [4.78, 5) is 27.2. The van der Waals surface area contributed by atoms with Gasteiger partial charge in [0.2, 0.25) is 15.9 Å². The number of unbranched alkanes of at least 4 members (excludes halogenated alkanes) is 3. The zero-order chi connectivity index (χ0) is 32.1. The van der Waals surface area contributed by atoms with Gasteiger partial charge in [-0.1, -0.05) is 25.0 Å². The summed E-state index contributed by atoms with van der Waals surface area (Å²) >= 11 is 1.71. The van der Waals surface area contributed by atoms with Gasteiger partial charge in [-0.05, 0) is 25.0 Å². The first-order valence-electron chi connectivity index (χ1n) is 15.7. The number of aromatic amines is 1. The molecule has 2 fully saturated rings. The van der Waals surface area contributed by atoms with Crippen LogP contribution >= 0.6 is 11.3 Å². The number of fused-ring (bicyclic) bond motifs is 2. The summed E-state index contributed by atoms with van der Waals surface area (Å²) in [6, 6.07) is 8.17. The van der Waals surface area contributed by atoms with Crippen LogP contribution in [-0.4, -0.2) is 114 Å². The average molecular weight is 672 g/mol. The third-order valence-corrected chi connectivity index (χ3v) is 10.9. The lowest BCUT2D eigenvalue weighted by Gasteiger charge is -2.32. The number of H-pyrrole nitrogens is 1. The smallest absolute Gasteiger partial charge is 0.243 e. The second-order valence-electron chi connectivity index (χ2n) is 11.8. The summed E-state index contributed by atoms with van der Waals surface area (Å²) in [5.74, 6) is 1.94. The molecule has 46 heavy (non-hydrogen) atoms. The molecule has 4 aromatic rings. The van der Waals surface area contributed by atoms with Gasteiger partial charge in [0.05, 0.1) is 40.6 Å². The Labute approximate surface area is 272 Å². The summed E-state index contributed by atoms with van der Waals surface area (Å²) in [6.07, 6.45) is 5.10. The van der Waals surface area contributed by atoms with Gasteiger partial charge in [0.15, 0.2) is 17.5 Å². The highest BCUT2D eigenvalue weighted by atomic mass is 32.2. The van der Waals surface area contributed by atoms with Gasteiger partial charge in [0.1, 0.15) is 0 Å². The molecule has 1 amide bonds. The fourth-order valence-corrected chi connectivity index (χ4v) is 7.99. The van der Waals surface area contributed by atoms with Gasteiger partial charge in [-0.15, -0.1) is 11.3 Å². The first-order chi connectivity index (χ1) is 22.3. The summed E-state index contributed by atoms with van der Waals surface area (Å²) in [5, 5.41) is 20.8. The number of aromatic nitrogens is 4. The maximum absolute atomic E-state index is 12.0. The van der Waals surface area contributed by atoms with Crippen LogP contribution in [0.15, 0.2) is 24.3 Å². The van der Waals surface area contributed by atoms with Crippen molar-refractivity contribution < 1.29 is 23.2 Å². The van der Waals surface area contributed by atoms with E-state index in [1.807, 2.05) is 18.2 Å². The Hall–Kier alpha value is -3.41. The van der Waals surface area contributed by atoms with Crippen molar-refractivity contribution in [2.24, 2.45) is 0 Å². The number of nitrogens with one attached hydrogen (secondary N) is 3. The van der Waals surface area contributed by atoms with E-state index in [-0.39, 0.29) is 5.91 Å². The van der Waals surface area contributed by atoms with Crippen molar-refractivity contribution in [1.29, 1.82) is 0 Å². The van der Waals surface area contributed by atoms with E-state index in [1.165, 1.54) is 11.1 Å². The molecular weight excluding hydrogens is 631 g/mol. The van der Waals surface area contributed by atoms with E-state index in [1.54, 1.807) is 21.1 Å². The van der Waals surface area contributed by atoms with Gasteiger partial charge in [0, 0.05) is 69.2 Å². The van der Waals surface area contributed by atoms with Crippen LogP contribution in [0, 0.1) is 0 Å². The Morgan fingerprint density at radius 2 is 1.85 bits per heavy atom.